The summed E-state index contributed by atoms with van der Waals surface area (Å²) in [6.07, 6.45) is 0.987. The first-order valence-corrected chi connectivity index (χ1v) is 10.3. The molecule has 7 nitrogen and oxygen atoms in total. The van der Waals surface area contributed by atoms with Crippen molar-refractivity contribution in [3.8, 4) is 5.75 Å². The van der Waals surface area contributed by atoms with Crippen LogP contribution in [0.5, 0.6) is 5.75 Å². The van der Waals surface area contributed by atoms with Crippen molar-refractivity contribution in [3.63, 3.8) is 0 Å². The van der Waals surface area contributed by atoms with E-state index in [-0.39, 0.29) is 17.2 Å². The minimum atomic E-state index is -0.664. The Kier molecular flexibility index (Phi) is 5.27. The number of amides is 2. The highest BCUT2D eigenvalue weighted by Gasteiger charge is 2.28. The van der Waals surface area contributed by atoms with E-state index in [0.29, 0.717) is 29.4 Å². The second kappa shape index (κ2) is 7.91. The molecule has 3 aromatic rings. The van der Waals surface area contributed by atoms with Gasteiger partial charge in [-0.25, -0.2) is 4.68 Å². The molecule has 1 aliphatic heterocycles. The van der Waals surface area contributed by atoms with Gasteiger partial charge < -0.3 is 15.4 Å². The Bertz CT molecular complexity index is 1130. The molecule has 0 saturated carbocycles. The number of fused-ring (bicyclic) bond motifs is 1. The number of hydrogen-bond acceptors (Lipinski definition) is 4. The molecule has 4 rings (SSSR count). The number of carbonyl (C=O) groups excluding carboxylic acids is 2. The normalized spacial score (nSPS) is 15.6. The number of aromatic nitrogens is 2. The predicted molar refractivity (Wildman–Crippen MR) is 120 cm³/mol. The van der Waals surface area contributed by atoms with Crippen molar-refractivity contribution in [1.29, 1.82) is 0 Å². The van der Waals surface area contributed by atoms with E-state index >= 15 is 0 Å². The van der Waals surface area contributed by atoms with Gasteiger partial charge in [-0.1, -0.05) is 51.1 Å². The molecule has 2 amide bonds. The van der Waals surface area contributed by atoms with Gasteiger partial charge in [-0.15, -0.1) is 0 Å². The first-order valence-electron chi connectivity index (χ1n) is 10.3. The van der Waals surface area contributed by atoms with Crippen LogP contribution in [0.4, 0.5) is 11.5 Å². The fraction of sp³-hybridized carbons (Fsp3) is 0.292. The minimum Gasteiger partial charge on any atom is -0.478 e. The molecule has 0 bridgehead atoms. The first kappa shape index (κ1) is 20.7. The van der Waals surface area contributed by atoms with Gasteiger partial charge in [-0.2, -0.15) is 5.10 Å². The highest BCUT2D eigenvalue weighted by Crippen LogP contribution is 2.33. The summed E-state index contributed by atoms with van der Waals surface area (Å²) in [4.78, 5) is 24.8. The van der Waals surface area contributed by atoms with E-state index < -0.39 is 6.10 Å². The smallest absolute Gasteiger partial charge is 0.265 e. The van der Waals surface area contributed by atoms with Crippen LogP contribution in [0.1, 0.15) is 49.2 Å². The standard InChI is InChI=1S/C24H26N4O3/c1-15-22(29)26-19-7-5-6-18(21(19)31-15)23(30)27-20-12-13-25-28(20)14-16-8-10-17(11-9-16)24(2,3)4/h5-13,15H,14H2,1-4H3,(H,26,29)(H,27,30). The van der Waals surface area contributed by atoms with Crippen LogP contribution in [-0.4, -0.2) is 27.7 Å². The molecule has 2 heterocycles. The Balaban J connectivity index is 1.52. The maximum absolute atomic E-state index is 13.0. The van der Waals surface area contributed by atoms with Gasteiger partial charge in [0.1, 0.15) is 5.82 Å². The molecule has 2 N–H and O–H groups in total. The number of anilines is 2. The van der Waals surface area contributed by atoms with Gasteiger partial charge in [-0.05, 0) is 35.6 Å². The monoisotopic (exact) mass is 418 g/mol. The van der Waals surface area contributed by atoms with Crippen LogP contribution in [0.25, 0.3) is 0 Å². The Hall–Kier alpha value is -3.61. The highest BCUT2D eigenvalue weighted by molar-refractivity contribution is 6.09. The van der Waals surface area contributed by atoms with Gasteiger partial charge in [0.25, 0.3) is 11.8 Å². The second-order valence-electron chi connectivity index (χ2n) is 8.71. The number of carbonyl (C=O) groups is 2. The maximum Gasteiger partial charge on any atom is 0.265 e. The molecule has 7 heteroatoms. The van der Waals surface area contributed by atoms with E-state index in [9.17, 15) is 9.59 Å². The lowest BCUT2D eigenvalue weighted by Gasteiger charge is -2.25. The van der Waals surface area contributed by atoms with Crippen LogP contribution in [0.2, 0.25) is 0 Å². The Labute approximate surface area is 181 Å². The summed E-state index contributed by atoms with van der Waals surface area (Å²) < 4.78 is 7.43. The van der Waals surface area contributed by atoms with E-state index in [1.54, 1.807) is 42.1 Å². The summed E-state index contributed by atoms with van der Waals surface area (Å²) in [6.45, 7) is 8.72. The summed E-state index contributed by atoms with van der Waals surface area (Å²) in [6, 6.07) is 15.3. The van der Waals surface area contributed by atoms with Gasteiger partial charge in [-0.3, -0.25) is 9.59 Å². The highest BCUT2D eigenvalue weighted by atomic mass is 16.5. The van der Waals surface area contributed by atoms with Crippen LogP contribution >= 0.6 is 0 Å². The lowest BCUT2D eigenvalue weighted by molar-refractivity contribution is -0.122. The van der Waals surface area contributed by atoms with Crippen molar-refractivity contribution >= 4 is 23.3 Å². The SMILES string of the molecule is CC1Oc2c(cccc2C(=O)Nc2ccnn2Cc2ccc(C(C)(C)C)cc2)NC1=O. The molecular weight excluding hydrogens is 392 g/mol. The summed E-state index contributed by atoms with van der Waals surface area (Å²) >= 11 is 0. The number of rotatable bonds is 4. The van der Waals surface area contributed by atoms with Crippen LogP contribution in [0.15, 0.2) is 54.7 Å². The van der Waals surface area contributed by atoms with Gasteiger partial charge in [0, 0.05) is 6.07 Å². The van der Waals surface area contributed by atoms with Crippen molar-refractivity contribution in [2.75, 3.05) is 10.6 Å². The average Bonchev–Trinajstić information content (AvgIpc) is 3.14. The molecule has 1 aromatic heterocycles. The molecule has 1 unspecified atom stereocenters. The van der Waals surface area contributed by atoms with Crippen LogP contribution in [0, 0.1) is 0 Å². The van der Waals surface area contributed by atoms with Crippen LogP contribution < -0.4 is 15.4 Å². The Morgan fingerprint density at radius 2 is 1.90 bits per heavy atom. The fourth-order valence-electron chi connectivity index (χ4n) is 3.44. The quantitative estimate of drug-likeness (QED) is 0.665. The third kappa shape index (κ3) is 4.30. The van der Waals surface area contributed by atoms with Crippen molar-refractivity contribution in [2.24, 2.45) is 0 Å². The van der Waals surface area contributed by atoms with Gasteiger partial charge in [0.2, 0.25) is 0 Å². The number of ether oxygens (including phenoxy) is 1. The Morgan fingerprint density at radius 1 is 1.16 bits per heavy atom. The molecule has 2 aromatic carbocycles. The van der Waals surface area contributed by atoms with E-state index in [1.165, 1.54) is 5.56 Å². The van der Waals surface area contributed by atoms with Crippen molar-refractivity contribution < 1.29 is 14.3 Å². The zero-order valence-electron chi connectivity index (χ0n) is 18.1. The lowest BCUT2D eigenvalue weighted by Crippen LogP contribution is -2.35. The van der Waals surface area contributed by atoms with Gasteiger partial charge in [0.15, 0.2) is 11.9 Å². The van der Waals surface area contributed by atoms with Crippen LogP contribution in [-0.2, 0) is 16.8 Å². The molecule has 160 valence electrons. The molecule has 0 radical (unpaired) electrons. The lowest BCUT2D eigenvalue weighted by atomic mass is 9.87. The average molecular weight is 418 g/mol. The molecule has 31 heavy (non-hydrogen) atoms. The third-order valence-electron chi connectivity index (χ3n) is 5.29. The number of benzene rings is 2. The molecule has 0 saturated heterocycles. The first-order chi connectivity index (χ1) is 14.7. The topological polar surface area (TPSA) is 85.2 Å². The second-order valence-corrected chi connectivity index (χ2v) is 8.71. The van der Waals surface area contributed by atoms with Gasteiger partial charge >= 0.3 is 0 Å². The summed E-state index contributed by atoms with van der Waals surface area (Å²) in [5.74, 6) is 0.386. The fourth-order valence-corrected chi connectivity index (χ4v) is 3.44. The number of nitrogens with zero attached hydrogens (tertiary/aromatic N) is 2. The van der Waals surface area contributed by atoms with Crippen molar-refractivity contribution in [1.82, 2.24) is 9.78 Å². The van der Waals surface area contributed by atoms with E-state index in [4.69, 9.17) is 4.74 Å². The van der Waals surface area contributed by atoms with E-state index in [2.05, 4.69) is 60.8 Å². The summed E-state index contributed by atoms with van der Waals surface area (Å²) in [7, 11) is 0. The summed E-state index contributed by atoms with van der Waals surface area (Å²) in [5.41, 5.74) is 3.29. The number of nitrogens with one attached hydrogen (secondary N) is 2. The molecule has 1 aliphatic rings. The number of para-hydroxylation sites is 1. The largest absolute Gasteiger partial charge is 0.478 e. The predicted octanol–water partition coefficient (Wildman–Crippen LogP) is 4.20. The molecule has 0 aliphatic carbocycles. The van der Waals surface area contributed by atoms with Crippen LogP contribution in [0.3, 0.4) is 0 Å². The molecule has 0 fully saturated rings. The Morgan fingerprint density at radius 3 is 2.61 bits per heavy atom. The van der Waals surface area contributed by atoms with E-state index in [1.807, 2.05) is 0 Å². The zero-order valence-corrected chi connectivity index (χ0v) is 18.1. The number of hydrogen-bond donors (Lipinski definition) is 2. The van der Waals surface area contributed by atoms with Crippen molar-refractivity contribution in [2.45, 2.75) is 45.8 Å². The maximum atomic E-state index is 13.0. The molecular formula is C24H26N4O3. The van der Waals surface area contributed by atoms with Gasteiger partial charge in [0.05, 0.1) is 24.0 Å². The summed E-state index contributed by atoms with van der Waals surface area (Å²) in [5, 5.41) is 10.0. The molecule has 0 spiro atoms. The third-order valence-corrected chi connectivity index (χ3v) is 5.29. The van der Waals surface area contributed by atoms with E-state index in [0.717, 1.165) is 5.56 Å². The van der Waals surface area contributed by atoms with Crippen molar-refractivity contribution in [3.05, 3.63) is 71.4 Å². The minimum absolute atomic E-state index is 0.0945. The molecule has 1 atom stereocenters. The zero-order chi connectivity index (χ0) is 22.2.